The Morgan fingerprint density at radius 3 is 2.50 bits per heavy atom. The van der Waals surface area contributed by atoms with Gasteiger partial charge in [-0.3, -0.25) is 4.79 Å². The van der Waals surface area contributed by atoms with E-state index < -0.39 is 17.5 Å². The highest BCUT2D eigenvalue weighted by Gasteiger charge is 2.04. The minimum Gasteiger partial charge on any atom is -0.366 e. The molecule has 0 saturated carbocycles. The lowest BCUT2D eigenvalue weighted by Crippen LogP contribution is -2.16. The lowest BCUT2D eigenvalue weighted by Gasteiger charge is -2.04. The average molecular weight is 296 g/mol. The van der Waals surface area contributed by atoms with E-state index in [1.54, 1.807) is 11.4 Å². The Morgan fingerprint density at radius 2 is 1.90 bits per heavy atom. The zero-order chi connectivity index (χ0) is 14.5. The van der Waals surface area contributed by atoms with Gasteiger partial charge in [-0.25, -0.2) is 8.78 Å². The van der Waals surface area contributed by atoms with E-state index in [0.29, 0.717) is 30.6 Å². The van der Waals surface area contributed by atoms with Gasteiger partial charge in [-0.05, 0) is 36.7 Å². The molecule has 1 aromatic carbocycles. The van der Waals surface area contributed by atoms with Gasteiger partial charge in [0.05, 0.1) is 5.56 Å². The molecule has 1 heterocycles. The summed E-state index contributed by atoms with van der Waals surface area (Å²) in [7, 11) is 0. The number of rotatable bonds is 6. The number of thiophene rings is 1. The van der Waals surface area contributed by atoms with E-state index in [4.69, 9.17) is 5.73 Å². The van der Waals surface area contributed by atoms with Crippen LogP contribution in [0.2, 0.25) is 0 Å². The van der Waals surface area contributed by atoms with Crippen LogP contribution in [0.15, 0.2) is 29.6 Å². The van der Waals surface area contributed by atoms with E-state index in [1.807, 2.05) is 0 Å². The quantitative estimate of drug-likeness (QED) is 0.805. The van der Waals surface area contributed by atoms with Crippen LogP contribution >= 0.6 is 11.3 Å². The summed E-state index contributed by atoms with van der Waals surface area (Å²) in [6, 6.07) is 5.23. The van der Waals surface area contributed by atoms with E-state index in [1.165, 1.54) is 23.5 Å². The number of nitrogens with two attached hydrogens (primary N) is 1. The average Bonchev–Trinajstić information content (AvgIpc) is 2.82. The van der Waals surface area contributed by atoms with Crippen LogP contribution in [0, 0.1) is 11.6 Å². The maximum atomic E-state index is 13.0. The van der Waals surface area contributed by atoms with Crippen LogP contribution < -0.4 is 11.1 Å². The molecule has 1 aromatic heterocycles. The van der Waals surface area contributed by atoms with E-state index in [9.17, 15) is 13.6 Å². The van der Waals surface area contributed by atoms with Crippen molar-refractivity contribution in [3.63, 3.8) is 0 Å². The topological polar surface area (TPSA) is 55.1 Å². The molecule has 0 aliphatic rings. The van der Waals surface area contributed by atoms with Gasteiger partial charge >= 0.3 is 0 Å². The zero-order valence-electron chi connectivity index (χ0n) is 10.7. The standard InChI is InChI=1S/C14H14F2N2OS/c15-11-3-9(4-12(16)6-11)1-2-18-7-13-5-10(8-20-13)14(17)19/h3-6,8,18H,1-2,7H2,(H2,17,19). The van der Waals surface area contributed by atoms with Gasteiger partial charge in [-0.2, -0.15) is 0 Å². The number of nitrogens with one attached hydrogen (secondary N) is 1. The van der Waals surface area contributed by atoms with Crippen molar-refractivity contribution in [2.24, 2.45) is 5.73 Å². The molecule has 0 bridgehead atoms. The molecule has 0 fully saturated rings. The smallest absolute Gasteiger partial charge is 0.249 e. The molecule has 0 unspecified atom stereocenters. The van der Waals surface area contributed by atoms with Crippen LogP contribution in [0.1, 0.15) is 20.8 Å². The third-order valence-corrected chi connectivity index (χ3v) is 3.69. The van der Waals surface area contributed by atoms with Crippen molar-refractivity contribution in [1.82, 2.24) is 5.32 Å². The van der Waals surface area contributed by atoms with Gasteiger partial charge in [-0.15, -0.1) is 11.3 Å². The lowest BCUT2D eigenvalue weighted by atomic mass is 10.1. The number of primary amides is 1. The van der Waals surface area contributed by atoms with Crippen molar-refractivity contribution in [2.45, 2.75) is 13.0 Å². The summed E-state index contributed by atoms with van der Waals surface area (Å²) < 4.78 is 26.0. The first kappa shape index (κ1) is 14.6. The predicted molar refractivity (Wildman–Crippen MR) is 74.6 cm³/mol. The lowest BCUT2D eigenvalue weighted by molar-refractivity contribution is 0.100. The fourth-order valence-corrected chi connectivity index (χ4v) is 2.65. The largest absolute Gasteiger partial charge is 0.366 e. The summed E-state index contributed by atoms with van der Waals surface area (Å²) in [6.45, 7) is 1.18. The molecule has 0 aliphatic heterocycles. The number of hydrogen-bond donors (Lipinski definition) is 2. The van der Waals surface area contributed by atoms with Gasteiger partial charge in [0, 0.05) is 22.9 Å². The Hall–Kier alpha value is -1.79. The van der Waals surface area contributed by atoms with E-state index in [2.05, 4.69) is 5.32 Å². The molecule has 0 spiro atoms. The summed E-state index contributed by atoms with van der Waals surface area (Å²) in [5.41, 5.74) is 6.27. The molecule has 6 heteroatoms. The highest BCUT2D eigenvalue weighted by atomic mass is 32.1. The molecule has 2 rings (SSSR count). The molecule has 1 amide bonds. The van der Waals surface area contributed by atoms with Crippen molar-refractivity contribution in [3.05, 3.63) is 57.3 Å². The minimum atomic E-state index is -0.565. The first-order valence-electron chi connectivity index (χ1n) is 6.07. The van der Waals surface area contributed by atoms with E-state index >= 15 is 0 Å². The molecule has 0 aliphatic carbocycles. The van der Waals surface area contributed by atoms with Crippen molar-refractivity contribution < 1.29 is 13.6 Å². The molecule has 106 valence electrons. The number of benzene rings is 1. The summed E-state index contributed by atoms with van der Waals surface area (Å²) in [5, 5.41) is 4.86. The number of carbonyl (C=O) groups excluding carboxylic acids is 1. The minimum absolute atomic E-state index is 0.442. The van der Waals surface area contributed by atoms with Crippen molar-refractivity contribution in [3.8, 4) is 0 Å². The molecule has 0 radical (unpaired) electrons. The molecular weight excluding hydrogens is 282 g/mol. The van der Waals surface area contributed by atoms with Gasteiger partial charge < -0.3 is 11.1 Å². The molecule has 20 heavy (non-hydrogen) atoms. The summed E-state index contributed by atoms with van der Waals surface area (Å²) in [5.74, 6) is -1.57. The van der Waals surface area contributed by atoms with Gasteiger partial charge in [0.25, 0.3) is 0 Å². The van der Waals surface area contributed by atoms with Gasteiger partial charge in [0.15, 0.2) is 0 Å². The van der Waals surface area contributed by atoms with Crippen molar-refractivity contribution >= 4 is 17.2 Å². The monoisotopic (exact) mass is 296 g/mol. The Morgan fingerprint density at radius 1 is 1.20 bits per heavy atom. The first-order valence-corrected chi connectivity index (χ1v) is 6.95. The molecule has 2 aromatic rings. The molecule has 3 N–H and O–H groups in total. The van der Waals surface area contributed by atoms with E-state index in [-0.39, 0.29) is 0 Å². The number of carbonyl (C=O) groups is 1. The fraction of sp³-hybridized carbons (Fsp3) is 0.214. The summed E-state index contributed by atoms with van der Waals surface area (Å²) in [4.78, 5) is 11.9. The van der Waals surface area contributed by atoms with Crippen LogP contribution in [0.5, 0.6) is 0 Å². The third kappa shape index (κ3) is 4.11. The number of halogens is 2. The van der Waals surface area contributed by atoms with Crippen LogP contribution in [0.4, 0.5) is 8.78 Å². The maximum Gasteiger partial charge on any atom is 0.249 e. The Balaban J connectivity index is 1.79. The molecule has 0 atom stereocenters. The zero-order valence-corrected chi connectivity index (χ0v) is 11.5. The second kappa shape index (κ2) is 6.58. The summed E-state index contributed by atoms with van der Waals surface area (Å²) in [6.07, 6.45) is 0.530. The molecule has 0 saturated heterocycles. The molecule has 3 nitrogen and oxygen atoms in total. The van der Waals surface area contributed by atoms with Gasteiger partial charge in [-0.1, -0.05) is 0 Å². The second-order valence-corrected chi connectivity index (χ2v) is 5.37. The Labute approximate surface area is 119 Å². The van der Waals surface area contributed by atoms with Crippen LogP contribution in [0.25, 0.3) is 0 Å². The van der Waals surface area contributed by atoms with Gasteiger partial charge in [0.1, 0.15) is 11.6 Å². The Bertz CT molecular complexity index is 593. The normalized spacial score (nSPS) is 10.7. The highest BCUT2D eigenvalue weighted by Crippen LogP contribution is 2.14. The SMILES string of the molecule is NC(=O)c1csc(CNCCc2cc(F)cc(F)c2)c1. The first-order chi connectivity index (χ1) is 9.54. The Kier molecular flexibility index (Phi) is 4.81. The fourth-order valence-electron chi connectivity index (χ4n) is 1.80. The third-order valence-electron chi connectivity index (χ3n) is 2.75. The predicted octanol–water partition coefficient (Wildman–Crippen LogP) is 2.46. The molecular formula is C14H14F2N2OS. The van der Waals surface area contributed by atoms with E-state index in [0.717, 1.165) is 10.9 Å². The second-order valence-electron chi connectivity index (χ2n) is 4.37. The van der Waals surface area contributed by atoms with Crippen LogP contribution in [-0.4, -0.2) is 12.5 Å². The number of hydrogen-bond acceptors (Lipinski definition) is 3. The van der Waals surface area contributed by atoms with Crippen molar-refractivity contribution in [2.75, 3.05) is 6.54 Å². The van der Waals surface area contributed by atoms with Gasteiger partial charge in [0.2, 0.25) is 5.91 Å². The summed E-state index contributed by atoms with van der Waals surface area (Å²) >= 11 is 1.45. The maximum absolute atomic E-state index is 13.0. The highest BCUT2D eigenvalue weighted by molar-refractivity contribution is 7.10. The van der Waals surface area contributed by atoms with Crippen LogP contribution in [-0.2, 0) is 13.0 Å². The number of amides is 1. The van der Waals surface area contributed by atoms with Crippen LogP contribution in [0.3, 0.4) is 0 Å². The van der Waals surface area contributed by atoms with Crippen molar-refractivity contribution in [1.29, 1.82) is 0 Å².